The number of benzene rings is 2. The summed E-state index contributed by atoms with van der Waals surface area (Å²) in [6.07, 6.45) is 2.99. The maximum atomic E-state index is 12.6. The van der Waals surface area contributed by atoms with Crippen molar-refractivity contribution >= 4 is 23.6 Å². The summed E-state index contributed by atoms with van der Waals surface area (Å²) >= 11 is 0. The van der Waals surface area contributed by atoms with E-state index in [-0.39, 0.29) is 22.9 Å². The minimum Gasteiger partial charge on any atom is -0.507 e. The summed E-state index contributed by atoms with van der Waals surface area (Å²) in [5.41, 5.74) is 10.3. The SMILES string of the molecule is Cc1ccc(-c2ccnc(/C=C(\N)C(=O)Nc3ccc(C(=O)N4CCOCC4)c(O)c3)n2)cc1C. The van der Waals surface area contributed by atoms with Crippen LogP contribution in [0.1, 0.15) is 27.3 Å². The van der Waals surface area contributed by atoms with Gasteiger partial charge in [-0.3, -0.25) is 9.59 Å². The number of phenolic OH excluding ortho intramolecular Hbond substituents is 1. The molecular formula is C26H27N5O4. The second-order valence-electron chi connectivity index (χ2n) is 8.29. The van der Waals surface area contributed by atoms with Crippen LogP contribution in [-0.2, 0) is 9.53 Å². The highest BCUT2D eigenvalue weighted by Gasteiger charge is 2.21. The molecule has 2 amide bonds. The van der Waals surface area contributed by atoms with Gasteiger partial charge in [0.2, 0.25) is 0 Å². The Morgan fingerprint density at radius 1 is 1.09 bits per heavy atom. The molecule has 3 aromatic rings. The van der Waals surface area contributed by atoms with Crippen LogP contribution in [0.5, 0.6) is 5.75 Å². The van der Waals surface area contributed by atoms with Crippen LogP contribution in [0, 0.1) is 13.8 Å². The van der Waals surface area contributed by atoms with Gasteiger partial charge in [0, 0.05) is 42.7 Å². The van der Waals surface area contributed by atoms with Crippen molar-refractivity contribution in [2.24, 2.45) is 5.73 Å². The van der Waals surface area contributed by atoms with Gasteiger partial charge >= 0.3 is 0 Å². The minimum absolute atomic E-state index is 0.102. The van der Waals surface area contributed by atoms with Gasteiger partial charge in [-0.15, -0.1) is 0 Å². The zero-order valence-electron chi connectivity index (χ0n) is 19.6. The molecule has 2 heterocycles. The van der Waals surface area contributed by atoms with Crippen LogP contribution in [-0.4, -0.2) is 58.1 Å². The highest BCUT2D eigenvalue weighted by molar-refractivity contribution is 6.06. The number of amides is 2. The number of aromatic nitrogens is 2. The Bertz CT molecular complexity index is 1300. The number of anilines is 1. The molecule has 1 aliphatic heterocycles. The molecular weight excluding hydrogens is 446 g/mol. The lowest BCUT2D eigenvalue weighted by atomic mass is 10.0. The van der Waals surface area contributed by atoms with Crippen molar-refractivity contribution in [3.05, 3.63) is 76.9 Å². The van der Waals surface area contributed by atoms with E-state index in [0.29, 0.717) is 43.5 Å². The third-order valence-corrected chi connectivity index (χ3v) is 5.81. The number of hydrogen-bond acceptors (Lipinski definition) is 7. The summed E-state index contributed by atoms with van der Waals surface area (Å²) in [7, 11) is 0. The first-order valence-electron chi connectivity index (χ1n) is 11.2. The number of aromatic hydroxyl groups is 1. The average molecular weight is 474 g/mol. The van der Waals surface area contributed by atoms with Crippen LogP contribution in [0.3, 0.4) is 0 Å². The molecule has 0 saturated carbocycles. The molecule has 2 aromatic carbocycles. The van der Waals surface area contributed by atoms with Crippen molar-refractivity contribution in [1.82, 2.24) is 14.9 Å². The molecule has 1 saturated heterocycles. The van der Waals surface area contributed by atoms with E-state index in [2.05, 4.69) is 15.3 Å². The Morgan fingerprint density at radius 2 is 1.86 bits per heavy atom. The standard InChI is InChI=1S/C26H27N5O4/c1-16-3-4-18(13-17(16)2)22-7-8-28-24(30-22)15-21(27)25(33)29-19-5-6-20(23(32)14-19)26(34)31-9-11-35-12-10-31/h3-8,13-15,32H,9-12,27H2,1-2H3,(H,29,33)/b21-15-. The van der Waals surface area contributed by atoms with Crippen molar-refractivity contribution < 1.29 is 19.4 Å². The van der Waals surface area contributed by atoms with Crippen molar-refractivity contribution in [1.29, 1.82) is 0 Å². The number of nitrogens with two attached hydrogens (primary N) is 1. The fraction of sp³-hybridized carbons (Fsp3) is 0.231. The predicted octanol–water partition coefficient (Wildman–Crippen LogP) is 2.88. The summed E-state index contributed by atoms with van der Waals surface area (Å²) in [5.74, 6) is -0.810. The fourth-order valence-corrected chi connectivity index (χ4v) is 3.64. The predicted molar refractivity (Wildman–Crippen MR) is 133 cm³/mol. The molecule has 35 heavy (non-hydrogen) atoms. The second kappa shape index (κ2) is 10.4. The van der Waals surface area contributed by atoms with Gasteiger partial charge in [0.05, 0.1) is 24.5 Å². The Hall–Kier alpha value is -4.24. The van der Waals surface area contributed by atoms with Crippen molar-refractivity contribution in [2.45, 2.75) is 13.8 Å². The smallest absolute Gasteiger partial charge is 0.271 e. The number of hydrogen-bond donors (Lipinski definition) is 3. The number of morpholine rings is 1. The van der Waals surface area contributed by atoms with Gasteiger partial charge in [-0.1, -0.05) is 12.1 Å². The molecule has 9 nitrogen and oxygen atoms in total. The molecule has 0 spiro atoms. The average Bonchev–Trinajstić information content (AvgIpc) is 2.86. The highest BCUT2D eigenvalue weighted by atomic mass is 16.5. The fourth-order valence-electron chi connectivity index (χ4n) is 3.64. The monoisotopic (exact) mass is 473 g/mol. The van der Waals surface area contributed by atoms with E-state index >= 15 is 0 Å². The van der Waals surface area contributed by atoms with Crippen LogP contribution >= 0.6 is 0 Å². The number of nitrogens with one attached hydrogen (secondary N) is 1. The Labute approximate surface area is 203 Å². The molecule has 1 aliphatic rings. The molecule has 4 N–H and O–H groups in total. The quantitative estimate of drug-likeness (QED) is 0.486. The summed E-state index contributed by atoms with van der Waals surface area (Å²) in [6.45, 7) is 5.93. The third-order valence-electron chi connectivity index (χ3n) is 5.81. The number of ether oxygens (including phenoxy) is 1. The zero-order valence-corrected chi connectivity index (χ0v) is 19.6. The molecule has 9 heteroatoms. The normalized spacial score (nSPS) is 14.0. The molecule has 0 atom stereocenters. The number of nitrogens with zero attached hydrogens (tertiary/aromatic N) is 3. The van der Waals surface area contributed by atoms with Crippen LogP contribution < -0.4 is 11.1 Å². The van der Waals surface area contributed by atoms with Gasteiger partial charge in [-0.05, 0) is 49.2 Å². The Kier molecular flexibility index (Phi) is 7.07. The number of aryl methyl sites for hydroxylation is 2. The maximum Gasteiger partial charge on any atom is 0.271 e. The molecule has 0 aliphatic carbocycles. The molecule has 0 bridgehead atoms. The van der Waals surface area contributed by atoms with E-state index in [4.69, 9.17) is 10.5 Å². The second-order valence-corrected chi connectivity index (χ2v) is 8.29. The van der Waals surface area contributed by atoms with E-state index < -0.39 is 5.91 Å². The van der Waals surface area contributed by atoms with E-state index in [1.807, 2.05) is 32.0 Å². The summed E-state index contributed by atoms with van der Waals surface area (Å²) in [6, 6.07) is 12.2. The van der Waals surface area contributed by atoms with Crippen LogP contribution in [0.15, 0.2) is 54.4 Å². The van der Waals surface area contributed by atoms with Crippen LogP contribution in [0.25, 0.3) is 17.3 Å². The summed E-state index contributed by atoms with van der Waals surface area (Å²) in [5, 5.41) is 13.0. The lowest BCUT2D eigenvalue weighted by molar-refractivity contribution is -0.112. The van der Waals surface area contributed by atoms with E-state index in [1.54, 1.807) is 17.2 Å². The first-order chi connectivity index (χ1) is 16.8. The Balaban J connectivity index is 1.46. The van der Waals surface area contributed by atoms with Gasteiger partial charge in [0.1, 0.15) is 11.4 Å². The highest BCUT2D eigenvalue weighted by Crippen LogP contribution is 2.24. The maximum absolute atomic E-state index is 12.6. The summed E-state index contributed by atoms with van der Waals surface area (Å²) < 4.78 is 5.25. The zero-order chi connectivity index (χ0) is 24.9. The van der Waals surface area contributed by atoms with Gasteiger partial charge < -0.3 is 25.8 Å². The lowest BCUT2D eigenvalue weighted by Crippen LogP contribution is -2.40. The first kappa shape index (κ1) is 23.9. The van der Waals surface area contributed by atoms with Gasteiger partial charge in [0.15, 0.2) is 5.82 Å². The number of rotatable bonds is 5. The molecule has 180 valence electrons. The number of carbonyl (C=O) groups excluding carboxylic acids is 2. The topological polar surface area (TPSA) is 131 Å². The van der Waals surface area contributed by atoms with Crippen LogP contribution in [0.2, 0.25) is 0 Å². The van der Waals surface area contributed by atoms with Crippen molar-refractivity contribution in [3.63, 3.8) is 0 Å². The van der Waals surface area contributed by atoms with E-state index in [9.17, 15) is 14.7 Å². The summed E-state index contributed by atoms with van der Waals surface area (Å²) in [4.78, 5) is 35.5. The van der Waals surface area contributed by atoms with Gasteiger partial charge in [0.25, 0.3) is 11.8 Å². The number of carbonyl (C=O) groups is 2. The van der Waals surface area contributed by atoms with Crippen LogP contribution in [0.4, 0.5) is 5.69 Å². The van der Waals surface area contributed by atoms with Gasteiger partial charge in [-0.2, -0.15) is 0 Å². The van der Waals surface area contributed by atoms with Gasteiger partial charge in [-0.25, -0.2) is 9.97 Å². The Morgan fingerprint density at radius 3 is 2.57 bits per heavy atom. The molecule has 1 aromatic heterocycles. The number of phenols is 1. The molecule has 0 unspecified atom stereocenters. The molecule has 4 rings (SSSR count). The first-order valence-corrected chi connectivity index (χ1v) is 11.2. The van der Waals surface area contributed by atoms with E-state index in [0.717, 1.165) is 11.1 Å². The van der Waals surface area contributed by atoms with E-state index in [1.165, 1.54) is 29.8 Å². The largest absolute Gasteiger partial charge is 0.507 e. The third kappa shape index (κ3) is 5.64. The minimum atomic E-state index is -0.586. The lowest BCUT2D eigenvalue weighted by Gasteiger charge is -2.27. The molecule has 1 fully saturated rings. The van der Waals surface area contributed by atoms with Crippen molar-refractivity contribution in [2.75, 3.05) is 31.6 Å². The van der Waals surface area contributed by atoms with Crippen molar-refractivity contribution in [3.8, 4) is 17.0 Å². The molecule has 0 radical (unpaired) electrons.